The average molecular weight is 423 g/mol. The lowest BCUT2D eigenvalue weighted by atomic mass is 9.77. The molecular formula is C30H46O. The molecule has 1 nitrogen and oxygen atoms in total. The van der Waals surface area contributed by atoms with Gasteiger partial charge in [0, 0.05) is 10.8 Å². The van der Waals surface area contributed by atoms with E-state index in [0.29, 0.717) is 0 Å². The number of hydrogen-bond donors (Lipinski definition) is 0. The summed E-state index contributed by atoms with van der Waals surface area (Å²) in [5.74, 6) is 0. The molecule has 0 aromatic rings. The van der Waals surface area contributed by atoms with E-state index < -0.39 is 0 Å². The van der Waals surface area contributed by atoms with Crippen LogP contribution in [0.4, 0.5) is 0 Å². The number of rotatable bonds is 14. The molecule has 1 heteroatoms. The van der Waals surface area contributed by atoms with Crippen LogP contribution in [0.1, 0.15) is 91.9 Å². The average Bonchev–Trinajstić information content (AvgIpc) is 2.76. The van der Waals surface area contributed by atoms with Crippen LogP contribution in [0.5, 0.6) is 0 Å². The van der Waals surface area contributed by atoms with E-state index in [2.05, 4.69) is 101 Å². The molecule has 0 fully saturated rings. The Morgan fingerprint density at radius 1 is 0.645 bits per heavy atom. The molecule has 0 saturated heterocycles. The molecule has 0 aliphatic heterocycles. The van der Waals surface area contributed by atoms with Gasteiger partial charge in [-0.1, -0.05) is 125 Å². The number of ether oxygens (including phenoxy) is 1. The van der Waals surface area contributed by atoms with Gasteiger partial charge in [0.2, 0.25) is 0 Å². The minimum atomic E-state index is -0.0979. The molecule has 0 amide bonds. The third-order valence-electron chi connectivity index (χ3n) is 6.63. The van der Waals surface area contributed by atoms with Crippen molar-refractivity contribution in [1.29, 1.82) is 0 Å². The van der Waals surface area contributed by atoms with Crippen LogP contribution < -0.4 is 0 Å². The molecule has 2 aliphatic carbocycles. The fourth-order valence-corrected chi connectivity index (χ4v) is 4.36. The minimum Gasteiger partial charge on any atom is -0.364 e. The van der Waals surface area contributed by atoms with Gasteiger partial charge in [-0.05, 0) is 39.5 Å². The Bertz CT molecular complexity index is 619. The highest BCUT2D eigenvalue weighted by molar-refractivity contribution is 5.29. The Morgan fingerprint density at radius 2 is 1.10 bits per heavy atom. The van der Waals surface area contributed by atoms with Gasteiger partial charge in [0.05, 0.1) is 12.2 Å². The first-order valence-electron chi connectivity index (χ1n) is 12.8. The second-order valence-corrected chi connectivity index (χ2v) is 9.70. The Morgan fingerprint density at radius 3 is 1.52 bits per heavy atom. The third-order valence-corrected chi connectivity index (χ3v) is 6.63. The van der Waals surface area contributed by atoms with E-state index in [4.69, 9.17) is 4.74 Å². The zero-order chi connectivity index (χ0) is 22.4. The smallest absolute Gasteiger partial charge is 0.0890 e. The maximum atomic E-state index is 6.78. The molecule has 2 rings (SSSR count). The van der Waals surface area contributed by atoms with E-state index in [1.165, 1.54) is 51.4 Å². The molecule has 0 spiro atoms. The Labute approximate surface area is 192 Å². The predicted molar refractivity (Wildman–Crippen MR) is 137 cm³/mol. The summed E-state index contributed by atoms with van der Waals surface area (Å²) in [7, 11) is 0. The third kappa shape index (κ3) is 8.45. The van der Waals surface area contributed by atoms with E-state index in [-0.39, 0.29) is 23.0 Å². The first-order valence-corrected chi connectivity index (χ1v) is 12.8. The highest BCUT2D eigenvalue weighted by Gasteiger charge is 2.37. The number of hydrogen-bond acceptors (Lipinski definition) is 1. The maximum Gasteiger partial charge on any atom is 0.0890 e. The molecule has 0 aromatic heterocycles. The summed E-state index contributed by atoms with van der Waals surface area (Å²) in [4.78, 5) is 0. The van der Waals surface area contributed by atoms with Gasteiger partial charge in [-0.25, -0.2) is 0 Å². The first kappa shape index (κ1) is 25.7. The Kier molecular flexibility index (Phi) is 11.4. The highest BCUT2D eigenvalue weighted by Crippen LogP contribution is 2.38. The molecule has 172 valence electrons. The van der Waals surface area contributed by atoms with E-state index in [1.807, 2.05) is 0 Å². The topological polar surface area (TPSA) is 9.23 Å². The second kappa shape index (κ2) is 13.7. The molecule has 31 heavy (non-hydrogen) atoms. The van der Waals surface area contributed by atoms with Crippen LogP contribution >= 0.6 is 0 Å². The van der Waals surface area contributed by atoms with E-state index in [1.54, 1.807) is 0 Å². The minimum absolute atomic E-state index is 0.0443. The number of allylic oxidation sites excluding steroid dienone is 6. The lowest BCUT2D eigenvalue weighted by Crippen LogP contribution is -2.40. The van der Waals surface area contributed by atoms with Gasteiger partial charge in [-0.3, -0.25) is 0 Å². The Balaban J connectivity index is 1.99. The maximum absolute atomic E-state index is 6.78. The van der Waals surface area contributed by atoms with Crippen molar-refractivity contribution in [2.45, 2.75) is 104 Å². The van der Waals surface area contributed by atoms with E-state index >= 15 is 0 Å². The van der Waals surface area contributed by atoms with E-state index in [9.17, 15) is 0 Å². The standard InChI is InChI=1S/C30H46O/c1-5-7-9-11-13-17-23-29(3)25-19-15-21-27(29)31-28-22-16-20-26-30(28,4)24-18-14-12-10-8-6-2/h15-28H,5-14H2,1-4H3. The molecule has 4 unspecified atom stereocenters. The zero-order valence-corrected chi connectivity index (χ0v) is 20.6. The van der Waals surface area contributed by atoms with Gasteiger partial charge >= 0.3 is 0 Å². The van der Waals surface area contributed by atoms with Gasteiger partial charge in [0.1, 0.15) is 0 Å². The van der Waals surface area contributed by atoms with Crippen molar-refractivity contribution in [1.82, 2.24) is 0 Å². The van der Waals surface area contributed by atoms with Gasteiger partial charge < -0.3 is 4.74 Å². The van der Waals surface area contributed by atoms with Gasteiger partial charge in [0.15, 0.2) is 0 Å². The van der Waals surface area contributed by atoms with Crippen LogP contribution in [-0.2, 0) is 4.74 Å². The van der Waals surface area contributed by atoms with Crippen molar-refractivity contribution in [3.05, 3.63) is 72.9 Å². The summed E-state index contributed by atoms with van der Waals surface area (Å²) in [5, 5.41) is 0. The molecule has 0 bridgehead atoms. The predicted octanol–water partition coefficient (Wildman–Crippen LogP) is 9.06. The molecule has 4 atom stereocenters. The van der Waals surface area contributed by atoms with Crippen molar-refractivity contribution in [3.8, 4) is 0 Å². The SMILES string of the molecule is CCCCCCC=CC1(C)C=CC=CC1OC1C=CC=CC1(C)C=CCCCCCC. The fraction of sp³-hybridized carbons (Fsp3) is 0.600. The summed E-state index contributed by atoms with van der Waals surface area (Å²) >= 11 is 0. The largest absolute Gasteiger partial charge is 0.364 e. The highest BCUT2D eigenvalue weighted by atomic mass is 16.5. The quantitative estimate of drug-likeness (QED) is 0.200. The molecule has 0 heterocycles. The molecule has 0 aromatic carbocycles. The summed E-state index contributed by atoms with van der Waals surface area (Å²) < 4.78 is 6.78. The van der Waals surface area contributed by atoms with Crippen LogP contribution in [-0.4, -0.2) is 12.2 Å². The molecular weight excluding hydrogens is 376 g/mol. The molecule has 2 aliphatic rings. The monoisotopic (exact) mass is 422 g/mol. The Hall–Kier alpha value is -1.60. The van der Waals surface area contributed by atoms with Crippen LogP contribution in [0.2, 0.25) is 0 Å². The number of unbranched alkanes of at least 4 members (excludes halogenated alkanes) is 8. The van der Waals surface area contributed by atoms with Crippen LogP contribution in [0.25, 0.3) is 0 Å². The molecule has 0 N–H and O–H groups in total. The van der Waals surface area contributed by atoms with Crippen molar-refractivity contribution in [3.63, 3.8) is 0 Å². The lowest BCUT2D eigenvalue weighted by Gasteiger charge is -2.40. The summed E-state index contributed by atoms with van der Waals surface area (Å²) in [6.45, 7) is 9.12. The normalized spacial score (nSPS) is 30.2. The summed E-state index contributed by atoms with van der Waals surface area (Å²) in [6.07, 6.45) is 40.0. The van der Waals surface area contributed by atoms with Gasteiger partial charge in [-0.15, -0.1) is 0 Å². The van der Waals surface area contributed by atoms with Crippen LogP contribution in [0, 0.1) is 10.8 Å². The van der Waals surface area contributed by atoms with Crippen LogP contribution in [0.15, 0.2) is 72.9 Å². The van der Waals surface area contributed by atoms with Crippen molar-refractivity contribution in [2.75, 3.05) is 0 Å². The summed E-state index contributed by atoms with van der Waals surface area (Å²) in [6, 6.07) is 0. The van der Waals surface area contributed by atoms with Gasteiger partial charge in [0.25, 0.3) is 0 Å². The second-order valence-electron chi connectivity index (χ2n) is 9.70. The van der Waals surface area contributed by atoms with Crippen molar-refractivity contribution >= 4 is 0 Å². The van der Waals surface area contributed by atoms with Crippen LogP contribution in [0.3, 0.4) is 0 Å². The zero-order valence-electron chi connectivity index (χ0n) is 20.6. The van der Waals surface area contributed by atoms with E-state index in [0.717, 1.165) is 12.8 Å². The first-order chi connectivity index (χ1) is 15.0. The van der Waals surface area contributed by atoms with Crippen molar-refractivity contribution in [2.24, 2.45) is 10.8 Å². The van der Waals surface area contributed by atoms with Crippen molar-refractivity contribution < 1.29 is 4.74 Å². The molecule has 0 saturated carbocycles. The lowest BCUT2D eigenvalue weighted by molar-refractivity contribution is -0.0320. The molecule has 0 radical (unpaired) electrons. The summed E-state index contributed by atoms with van der Waals surface area (Å²) in [5.41, 5.74) is -0.196. The van der Waals surface area contributed by atoms with Gasteiger partial charge in [-0.2, -0.15) is 0 Å². The fourth-order valence-electron chi connectivity index (χ4n) is 4.36.